The largest absolute Gasteiger partial charge is 0.452 e. The van der Waals surface area contributed by atoms with Gasteiger partial charge in [0, 0.05) is 0 Å². The van der Waals surface area contributed by atoms with Gasteiger partial charge in [0.15, 0.2) is 6.61 Å². The van der Waals surface area contributed by atoms with Crippen molar-refractivity contribution in [1.29, 1.82) is 0 Å². The Morgan fingerprint density at radius 3 is 2.40 bits per heavy atom. The first-order valence-corrected chi connectivity index (χ1v) is 9.52. The number of carbonyl (C=O) groups is 4. The average molecular weight is 409 g/mol. The van der Waals surface area contributed by atoms with Gasteiger partial charge in [0.1, 0.15) is 5.54 Å². The fourth-order valence-electron chi connectivity index (χ4n) is 3.06. The number of esters is 1. The van der Waals surface area contributed by atoms with Crippen LogP contribution in [0.15, 0.2) is 54.6 Å². The number of ether oxygens (including phenoxy) is 1. The van der Waals surface area contributed by atoms with Crippen LogP contribution in [0.5, 0.6) is 0 Å². The van der Waals surface area contributed by atoms with Crippen molar-refractivity contribution in [3.05, 3.63) is 71.3 Å². The Hall–Kier alpha value is -3.68. The summed E-state index contributed by atoms with van der Waals surface area (Å²) in [7, 11) is 0. The number of amides is 4. The molecule has 0 bridgehead atoms. The number of carbonyl (C=O) groups excluding carboxylic acids is 4. The first-order valence-electron chi connectivity index (χ1n) is 9.52. The molecule has 30 heavy (non-hydrogen) atoms. The summed E-state index contributed by atoms with van der Waals surface area (Å²) < 4.78 is 4.95. The lowest BCUT2D eigenvalue weighted by molar-refractivity contribution is -0.140. The smallest absolute Gasteiger partial charge is 0.344 e. The van der Waals surface area contributed by atoms with Crippen LogP contribution in [0.4, 0.5) is 4.79 Å². The predicted octanol–water partition coefficient (Wildman–Crippen LogP) is 2.13. The molecule has 0 aromatic heterocycles. The van der Waals surface area contributed by atoms with Crippen LogP contribution in [0.2, 0.25) is 0 Å². The van der Waals surface area contributed by atoms with E-state index in [4.69, 9.17) is 4.74 Å². The average Bonchev–Trinajstić information content (AvgIpc) is 2.95. The van der Waals surface area contributed by atoms with Gasteiger partial charge in [0.05, 0.1) is 5.56 Å². The molecule has 1 aliphatic rings. The Balaban J connectivity index is 1.53. The van der Waals surface area contributed by atoms with Gasteiger partial charge in [0.2, 0.25) is 0 Å². The van der Waals surface area contributed by atoms with Crippen LogP contribution in [0.25, 0.3) is 0 Å². The normalized spacial score (nSPS) is 18.1. The summed E-state index contributed by atoms with van der Waals surface area (Å²) in [5, 5.41) is 3.25. The zero-order valence-electron chi connectivity index (χ0n) is 16.8. The van der Waals surface area contributed by atoms with Gasteiger partial charge in [-0.2, -0.15) is 5.01 Å². The maximum absolute atomic E-state index is 12.7. The minimum Gasteiger partial charge on any atom is -0.452 e. The molecule has 8 nitrogen and oxygen atoms in total. The summed E-state index contributed by atoms with van der Waals surface area (Å²) in [5.41, 5.74) is 3.38. The van der Waals surface area contributed by atoms with Crippen LogP contribution in [0.1, 0.15) is 34.8 Å². The third-order valence-electron chi connectivity index (χ3n) is 4.88. The van der Waals surface area contributed by atoms with Gasteiger partial charge in [-0.15, -0.1) is 0 Å². The predicted molar refractivity (Wildman–Crippen MR) is 108 cm³/mol. The SMILES string of the molecule is Cc1ccc(C(=O)OCC(=O)NN2C(=O)N[C@@](C)(CCc3ccccc3)C2=O)cc1. The number of urea groups is 1. The molecule has 4 amide bonds. The molecule has 2 aromatic rings. The molecule has 3 rings (SSSR count). The van der Waals surface area contributed by atoms with Crippen LogP contribution in [-0.2, 0) is 20.7 Å². The lowest BCUT2D eigenvalue weighted by atomic mass is 9.93. The van der Waals surface area contributed by atoms with Crippen molar-refractivity contribution in [3.63, 3.8) is 0 Å². The van der Waals surface area contributed by atoms with Gasteiger partial charge in [-0.1, -0.05) is 48.0 Å². The Morgan fingerprint density at radius 2 is 1.73 bits per heavy atom. The lowest BCUT2D eigenvalue weighted by Gasteiger charge is -2.21. The first kappa shape index (κ1) is 21.0. The fraction of sp³-hybridized carbons (Fsp3) is 0.273. The molecule has 0 aliphatic carbocycles. The summed E-state index contributed by atoms with van der Waals surface area (Å²) in [5.74, 6) is -2.03. The number of imide groups is 1. The molecule has 0 unspecified atom stereocenters. The molecular formula is C22H23N3O5. The zero-order valence-corrected chi connectivity index (χ0v) is 16.8. The molecule has 1 saturated heterocycles. The number of hydrazine groups is 1. The molecule has 2 N–H and O–H groups in total. The molecule has 8 heteroatoms. The van der Waals surface area contributed by atoms with E-state index in [1.165, 1.54) is 0 Å². The van der Waals surface area contributed by atoms with Crippen molar-refractivity contribution in [1.82, 2.24) is 15.8 Å². The minimum atomic E-state index is -1.14. The Kier molecular flexibility index (Phi) is 6.15. The second-order valence-corrected chi connectivity index (χ2v) is 7.37. The highest BCUT2D eigenvalue weighted by molar-refractivity contribution is 6.07. The van der Waals surface area contributed by atoms with Crippen LogP contribution >= 0.6 is 0 Å². The Labute approximate surface area is 174 Å². The molecule has 1 aliphatic heterocycles. The maximum atomic E-state index is 12.7. The number of rotatable bonds is 7. The molecule has 156 valence electrons. The van der Waals surface area contributed by atoms with Gasteiger partial charge in [-0.05, 0) is 44.4 Å². The van der Waals surface area contributed by atoms with E-state index >= 15 is 0 Å². The standard InChI is InChI=1S/C22H23N3O5/c1-15-8-10-17(11-9-15)19(27)30-14-18(26)24-25-20(28)22(2,23-21(25)29)13-12-16-6-4-3-5-7-16/h3-11H,12-14H2,1-2H3,(H,23,29)(H,24,26)/t22-/m0/s1. The molecule has 1 heterocycles. The summed E-state index contributed by atoms with van der Waals surface area (Å²) in [4.78, 5) is 49.0. The van der Waals surface area contributed by atoms with E-state index in [9.17, 15) is 19.2 Å². The van der Waals surface area contributed by atoms with Crippen molar-refractivity contribution >= 4 is 23.8 Å². The van der Waals surface area contributed by atoms with E-state index in [1.54, 1.807) is 31.2 Å². The Bertz CT molecular complexity index is 958. The number of hydrogen-bond donors (Lipinski definition) is 2. The Morgan fingerprint density at radius 1 is 1.07 bits per heavy atom. The number of hydrogen-bond acceptors (Lipinski definition) is 5. The van der Waals surface area contributed by atoms with Crippen LogP contribution in [0, 0.1) is 6.92 Å². The van der Waals surface area contributed by atoms with E-state index in [2.05, 4.69) is 10.7 Å². The van der Waals surface area contributed by atoms with Crippen molar-refractivity contribution in [2.45, 2.75) is 32.2 Å². The van der Waals surface area contributed by atoms with E-state index < -0.39 is 36.0 Å². The third kappa shape index (κ3) is 4.83. The molecule has 0 saturated carbocycles. The highest BCUT2D eigenvalue weighted by atomic mass is 16.5. The molecule has 2 aromatic carbocycles. The quantitative estimate of drug-likeness (QED) is 0.538. The third-order valence-corrected chi connectivity index (χ3v) is 4.88. The van der Waals surface area contributed by atoms with E-state index in [0.717, 1.165) is 11.1 Å². The van der Waals surface area contributed by atoms with Crippen molar-refractivity contribution < 1.29 is 23.9 Å². The number of nitrogens with zero attached hydrogens (tertiary/aromatic N) is 1. The van der Waals surface area contributed by atoms with Crippen molar-refractivity contribution in [2.24, 2.45) is 0 Å². The van der Waals surface area contributed by atoms with E-state index in [1.807, 2.05) is 37.3 Å². The van der Waals surface area contributed by atoms with Gasteiger partial charge in [-0.3, -0.25) is 15.0 Å². The summed E-state index contributed by atoms with van der Waals surface area (Å²) in [6.07, 6.45) is 0.954. The molecule has 1 fully saturated rings. The summed E-state index contributed by atoms with van der Waals surface area (Å²) >= 11 is 0. The zero-order chi connectivity index (χ0) is 21.7. The van der Waals surface area contributed by atoms with Crippen molar-refractivity contribution in [2.75, 3.05) is 6.61 Å². The maximum Gasteiger partial charge on any atom is 0.344 e. The topological polar surface area (TPSA) is 105 Å². The number of nitrogens with one attached hydrogen (secondary N) is 2. The highest BCUT2D eigenvalue weighted by Gasteiger charge is 2.48. The van der Waals surface area contributed by atoms with Crippen LogP contribution in [0.3, 0.4) is 0 Å². The molecule has 0 radical (unpaired) electrons. The molecular weight excluding hydrogens is 386 g/mol. The van der Waals surface area contributed by atoms with Crippen LogP contribution < -0.4 is 10.7 Å². The second kappa shape index (κ2) is 8.77. The van der Waals surface area contributed by atoms with Crippen LogP contribution in [-0.4, -0.2) is 41.0 Å². The number of aryl methyl sites for hydroxylation is 2. The van der Waals surface area contributed by atoms with Gasteiger partial charge < -0.3 is 10.1 Å². The second-order valence-electron chi connectivity index (χ2n) is 7.37. The first-order chi connectivity index (χ1) is 14.3. The molecule has 0 spiro atoms. The monoisotopic (exact) mass is 409 g/mol. The van der Waals surface area contributed by atoms with Gasteiger partial charge >= 0.3 is 12.0 Å². The summed E-state index contributed by atoms with van der Waals surface area (Å²) in [6, 6.07) is 15.5. The highest BCUT2D eigenvalue weighted by Crippen LogP contribution is 2.22. The summed E-state index contributed by atoms with van der Waals surface area (Å²) in [6.45, 7) is 2.87. The van der Waals surface area contributed by atoms with E-state index in [-0.39, 0.29) is 0 Å². The fourth-order valence-corrected chi connectivity index (χ4v) is 3.06. The van der Waals surface area contributed by atoms with E-state index in [0.29, 0.717) is 23.4 Å². The number of benzene rings is 2. The van der Waals surface area contributed by atoms with Gasteiger partial charge in [-0.25, -0.2) is 9.59 Å². The van der Waals surface area contributed by atoms with Crippen molar-refractivity contribution in [3.8, 4) is 0 Å². The minimum absolute atomic E-state index is 0.303. The van der Waals surface area contributed by atoms with Gasteiger partial charge in [0.25, 0.3) is 11.8 Å². The lowest BCUT2D eigenvalue weighted by Crippen LogP contribution is -2.50. The molecule has 1 atom stereocenters.